The maximum absolute atomic E-state index is 15.1. The van der Waals surface area contributed by atoms with E-state index in [1.165, 1.54) is 6.07 Å². The van der Waals surface area contributed by atoms with Crippen molar-refractivity contribution >= 4 is 10.0 Å². The van der Waals surface area contributed by atoms with Gasteiger partial charge in [0.2, 0.25) is 10.0 Å². The Labute approximate surface area is 162 Å². The summed E-state index contributed by atoms with van der Waals surface area (Å²) < 4.78 is 68.4. The van der Waals surface area contributed by atoms with Crippen molar-refractivity contribution in [1.82, 2.24) is 10.0 Å². The molecule has 2 N–H and O–H groups in total. The van der Waals surface area contributed by atoms with E-state index < -0.39 is 27.5 Å². The molecule has 1 heterocycles. The van der Waals surface area contributed by atoms with Crippen LogP contribution in [0.25, 0.3) is 11.1 Å². The molecule has 4 atom stereocenters. The first kappa shape index (κ1) is 19.4. The fourth-order valence-corrected chi connectivity index (χ4v) is 5.03. The number of hydrogen-bond acceptors (Lipinski definition) is 3. The largest absolute Gasteiger partial charge is 0.312 e. The molecule has 1 aliphatic carbocycles. The van der Waals surface area contributed by atoms with Gasteiger partial charge in [0.25, 0.3) is 0 Å². The molecule has 28 heavy (non-hydrogen) atoms. The van der Waals surface area contributed by atoms with Crippen molar-refractivity contribution in [3.05, 3.63) is 59.4 Å². The van der Waals surface area contributed by atoms with Gasteiger partial charge in [-0.25, -0.2) is 26.3 Å². The van der Waals surface area contributed by atoms with E-state index in [1.54, 1.807) is 12.1 Å². The number of piperidine rings is 1. The first-order valence-electron chi connectivity index (χ1n) is 9.16. The van der Waals surface area contributed by atoms with Gasteiger partial charge in [0.05, 0.1) is 6.26 Å². The molecule has 2 aromatic rings. The Kier molecular flexibility index (Phi) is 4.97. The first-order valence-corrected chi connectivity index (χ1v) is 11.0. The van der Waals surface area contributed by atoms with Crippen molar-refractivity contribution in [2.75, 3.05) is 12.8 Å². The summed E-state index contributed by atoms with van der Waals surface area (Å²) in [5.74, 6) is -1.39. The smallest absolute Gasteiger partial charge is 0.209 e. The van der Waals surface area contributed by atoms with E-state index in [0.29, 0.717) is 11.5 Å². The molecule has 4 unspecified atom stereocenters. The first-order chi connectivity index (χ1) is 13.2. The standard InChI is InChI=1S/C20H21F3N2O2S/c1-28(26,27)25-20-17-7-13(17)10-24-18(20)8-11-3-2-4-16(19(11)23)12-5-14(21)9-15(22)6-12/h2-6,9,13,17-18,20,24-25H,7-8,10H2,1H3. The summed E-state index contributed by atoms with van der Waals surface area (Å²) in [7, 11) is -3.39. The van der Waals surface area contributed by atoms with E-state index >= 15 is 4.39 Å². The van der Waals surface area contributed by atoms with Crippen molar-refractivity contribution in [1.29, 1.82) is 0 Å². The Hall–Kier alpha value is -1.90. The third-order valence-corrected chi connectivity index (χ3v) is 6.26. The van der Waals surface area contributed by atoms with Crippen LogP contribution in [0.2, 0.25) is 0 Å². The lowest BCUT2D eigenvalue weighted by Crippen LogP contribution is -2.55. The maximum atomic E-state index is 15.1. The van der Waals surface area contributed by atoms with Gasteiger partial charge < -0.3 is 5.32 Å². The Balaban J connectivity index is 1.62. The molecule has 4 rings (SSSR count). The average Bonchev–Trinajstić information content (AvgIpc) is 3.37. The minimum absolute atomic E-state index is 0.114. The van der Waals surface area contributed by atoms with Gasteiger partial charge in [-0.05, 0) is 54.5 Å². The van der Waals surface area contributed by atoms with Crippen LogP contribution in [-0.2, 0) is 16.4 Å². The van der Waals surface area contributed by atoms with Crippen molar-refractivity contribution in [2.45, 2.75) is 24.9 Å². The van der Waals surface area contributed by atoms with Crippen LogP contribution >= 0.6 is 0 Å². The van der Waals surface area contributed by atoms with E-state index in [4.69, 9.17) is 0 Å². The van der Waals surface area contributed by atoms with Crippen LogP contribution in [0.15, 0.2) is 36.4 Å². The predicted octanol–water partition coefficient (Wildman–Crippen LogP) is 2.84. The lowest BCUT2D eigenvalue weighted by Gasteiger charge is -2.33. The Bertz CT molecular complexity index is 992. The van der Waals surface area contributed by atoms with Gasteiger partial charge >= 0.3 is 0 Å². The highest BCUT2D eigenvalue weighted by molar-refractivity contribution is 7.88. The monoisotopic (exact) mass is 410 g/mol. The fraction of sp³-hybridized carbons (Fsp3) is 0.400. The topological polar surface area (TPSA) is 58.2 Å². The van der Waals surface area contributed by atoms with E-state index in [9.17, 15) is 17.2 Å². The van der Waals surface area contributed by atoms with Crippen LogP contribution in [0.3, 0.4) is 0 Å². The summed E-state index contributed by atoms with van der Waals surface area (Å²) in [5, 5.41) is 3.32. The molecule has 0 spiro atoms. The van der Waals surface area contributed by atoms with Crippen LogP contribution in [0.4, 0.5) is 13.2 Å². The van der Waals surface area contributed by atoms with E-state index in [-0.39, 0.29) is 35.5 Å². The maximum Gasteiger partial charge on any atom is 0.209 e. The second-order valence-electron chi connectivity index (χ2n) is 7.73. The third kappa shape index (κ3) is 4.09. The highest BCUT2D eigenvalue weighted by Crippen LogP contribution is 2.45. The molecule has 0 bridgehead atoms. The van der Waals surface area contributed by atoms with E-state index in [2.05, 4.69) is 10.0 Å². The molecule has 0 aromatic heterocycles. The van der Waals surface area contributed by atoms with Crippen LogP contribution in [-0.4, -0.2) is 33.3 Å². The molecule has 0 amide bonds. The van der Waals surface area contributed by atoms with E-state index in [1.807, 2.05) is 0 Å². The van der Waals surface area contributed by atoms with Crippen LogP contribution in [0, 0.1) is 29.3 Å². The highest BCUT2D eigenvalue weighted by Gasteiger charge is 2.50. The number of nitrogens with one attached hydrogen (secondary N) is 2. The minimum Gasteiger partial charge on any atom is -0.312 e. The molecule has 2 fully saturated rings. The Morgan fingerprint density at radius 2 is 1.86 bits per heavy atom. The van der Waals surface area contributed by atoms with Gasteiger partial charge in [-0.3, -0.25) is 0 Å². The Morgan fingerprint density at radius 1 is 1.14 bits per heavy atom. The molecular weight excluding hydrogens is 389 g/mol. The van der Waals surface area contributed by atoms with Crippen LogP contribution < -0.4 is 10.0 Å². The zero-order chi connectivity index (χ0) is 20.1. The summed E-state index contributed by atoms with van der Waals surface area (Å²) in [5.41, 5.74) is 0.615. The molecule has 1 saturated heterocycles. The molecule has 8 heteroatoms. The summed E-state index contributed by atoms with van der Waals surface area (Å²) in [6.45, 7) is 0.772. The number of benzene rings is 2. The van der Waals surface area contributed by atoms with E-state index in [0.717, 1.165) is 37.4 Å². The third-order valence-electron chi connectivity index (χ3n) is 5.56. The number of fused-ring (bicyclic) bond motifs is 1. The zero-order valence-corrected chi connectivity index (χ0v) is 16.1. The number of rotatable bonds is 5. The van der Waals surface area contributed by atoms with Crippen LogP contribution in [0.5, 0.6) is 0 Å². The number of halogens is 3. The predicted molar refractivity (Wildman–Crippen MR) is 101 cm³/mol. The number of sulfonamides is 1. The fourth-order valence-electron chi connectivity index (χ4n) is 4.20. The van der Waals surface area contributed by atoms with Gasteiger partial charge in [0, 0.05) is 23.7 Å². The lowest BCUT2D eigenvalue weighted by atomic mass is 9.91. The number of hydrogen-bond donors (Lipinski definition) is 2. The normalized spacial score (nSPS) is 26.7. The van der Waals surface area contributed by atoms with Gasteiger partial charge in [-0.1, -0.05) is 18.2 Å². The lowest BCUT2D eigenvalue weighted by molar-refractivity contribution is 0.311. The molecule has 2 aliphatic rings. The second-order valence-corrected chi connectivity index (χ2v) is 9.51. The Morgan fingerprint density at radius 3 is 2.54 bits per heavy atom. The molecule has 0 radical (unpaired) electrons. The minimum atomic E-state index is -3.39. The van der Waals surface area contributed by atoms with Gasteiger partial charge in [-0.2, -0.15) is 0 Å². The molecule has 2 aromatic carbocycles. The molecule has 1 aliphatic heterocycles. The van der Waals surface area contributed by atoms with Crippen LogP contribution in [0.1, 0.15) is 12.0 Å². The van der Waals surface area contributed by atoms with Gasteiger partial charge in [0.15, 0.2) is 0 Å². The van der Waals surface area contributed by atoms with Gasteiger partial charge in [-0.15, -0.1) is 0 Å². The summed E-state index contributed by atoms with van der Waals surface area (Å²) >= 11 is 0. The summed E-state index contributed by atoms with van der Waals surface area (Å²) in [6.07, 6.45) is 2.34. The molecule has 150 valence electrons. The average molecular weight is 410 g/mol. The van der Waals surface area contributed by atoms with Crippen molar-refractivity contribution in [2.24, 2.45) is 11.8 Å². The summed E-state index contributed by atoms with van der Waals surface area (Å²) in [4.78, 5) is 0. The second kappa shape index (κ2) is 7.17. The van der Waals surface area contributed by atoms with Crippen molar-refractivity contribution in [3.8, 4) is 11.1 Å². The molecular formula is C20H21F3N2O2S. The quantitative estimate of drug-likeness (QED) is 0.797. The highest BCUT2D eigenvalue weighted by atomic mass is 32.2. The summed E-state index contributed by atoms with van der Waals surface area (Å²) in [6, 6.07) is 7.09. The SMILES string of the molecule is CS(=O)(=O)NC1C(Cc2cccc(-c3cc(F)cc(F)c3)c2F)NCC2CC21. The van der Waals surface area contributed by atoms with Crippen molar-refractivity contribution in [3.63, 3.8) is 0 Å². The zero-order valence-electron chi connectivity index (χ0n) is 15.3. The van der Waals surface area contributed by atoms with Crippen molar-refractivity contribution < 1.29 is 21.6 Å². The molecule has 1 saturated carbocycles. The van der Waals surface area contributed by atoms with Gasteiger partial charge in [0.1, 0.15) is 17.5 Å². The molecule has 4 nitrogen and oxygen atoms in total.